The second-order valence-corrected chi connectivity index (χ2v) is 3.29. The highest BCUT2D eigenvalue weighted by molar-refractivity contribution is 6.30. The number of oxime groups is 1. The molecular weight excluding hydrogens is 246 g/mol. The van der Waals surface area contributed by atoms with E-state index in [0.717, 1.165) is 11.4 Å². The Morgan fingerprint density at radius 1 is 1.41 bits per heavy atom. The molecule has 0 aliphatic rings. The van der Waals surface area contributed by atoms with Crippen LogP contribution in [0.1, 0.15) is 0 Å². The van der Waals surface area contributed by atoms with Gasteiger partial charge in [-0.3, -0.25) is 4.84 Å². The Hall–Kier alpha value is -1.79. The zero-order valence-electron chi connectivity index (χ0n) is 9.38. The molecule has 0 aliphatic heterocycles. The molecule has 0 aromatic heterocycles. The Morgan fingerprint density at radius 2 is 2.06 bits per heavy atom. The van der Waals surface area contributed by atoms with Crippen molar-refractivity contribution in [2.45, 2.75) is 0 Å². The molecule has 0 saturated heterocycles. The molecule has 2 amide bonds. The molecule has 0 saturated carbocycles. The molecule has 0 unspecified atom stereocenters. The summed E-state index contributed by atoms with van der Waals surface area (Å²) in [5.41, 5.74) is 0.590. The Morgan fingerprint density at radius 3 is 2.59 bits per heavy atom. The minimum Gasteiger partial charge on any atom is -0.398 e. The first-order valence-electron chi connectivity index (χ1n) is 4.64. The van der Waals surface area contributed by atoms with Gasteiger partial charge in [-0.1, -0.05) is 16.8 Å². The average Bonchev–Trinajstić information content (AvgIpc) is 2.33. The summed E-state index contributed by atoms with van der Waals surface area (Å²) >= 11 is 5.72. The second kappa shape index (κ2) is 6.72. The number of anilines is 1. The van der Waals surface area contributed by atoms with E-state index in [1.165, 1.54) is 14.2 Å². The zero-order valence-corrected chi connectivity index (χ0v) is 10.1. The summed E-state index contributed by atoms with van der Waals surface area (Å²) < 4.78 is 0. The molecule has 0 radical (unpaired) electrons. The molecule has 92 valence electrons. The molecule has 1 aromatic carbocycles. The highest BCUT2D eigenvalue weighted by Crippen LogP contribution is 2.13. The van der Waals surface area contributed by atoms with Crippen molar-refractivity contribution >= 4 is 29.7 Å². The molecule has 0 heterocycles. The number of nitrogens with zero attached hydrogens (tertiary/aromatic N) is 2. The lowest BCUT2D eigenvalue weighted by atomic mass is 10.3. The van der Waals surface area contributed by atoms with Gasteiger partial charge in [0.05, 0.1) is 7.11 Å². The van der Waals surface area contributed by atoms with Gasteiger partial charge in [0.15, 0.2) is 6.34 Å². The minimum atomic E-state index is -0.504. The molecule has 1 N–H and O–H groups in total. The fraction of sp³-hybridized carbons (Fsp3) is 0.200. The Balaban J connectivity index is 2.63. The molecule has 6 nitrogen and oxygen atoms in total. The van der Waals surface area contributed by atoms with Gasteiger partial charge in [0.2, 0.25) is 0 Å². The topological polar surface area (TPSA) is 63.2 Å². The summed E-state index contributed by atoms with van der Waals surface area (Å²) in [7, 11) is 2.70. The third kappa shape index (κ3) is 4.29. The molecule has 0 fully saturated rings. The number of urea groups is 1. The van der Waals surface area contributed by atoms with Crippen LogP contribution < -0.4 is 5.32 Å². The maximum absolute atomic E-state index is 11.6. The number of hydroxylamine groups is 2. The number of hydrogen-bond donors (Lipinski definition) is 1. The number of hydrogen-bond acceptors (Lipinski definition) is 4. The summed E-state index contributed by atoms with van der Waals surface area (Å²) in [6, 6.07) is 6.16. The normalized spacial score (nSPS) is 10.3. The zero-order chi connectivity index (χ0) is 12.7. The first kappa shape index (κ1) is 13.3. The van der Waals surface area contributed by atoms with Crippen LogP contribution in [0, 0.1) is 0 Å². The maximum atomic E-state index is 11.6. The summed E-state index contributed by atoms with van der Waals surface area (Å²) in [5.74, 6) is 0. The van der Waals surface area contributed by atoms with E-state index < -0.39 is 6.03 Å². The smallest absolute Gasteiger partial charge is 0.351 e. The van der Waals surface area contributed by atoms with Crippen LogP contribution in [0.25, 0.3) is 0 Å². The minimum absolute atomic E-state index is 0.504. The fourth-order valence-corrected chi connectivity index (χ4v) is 1.11. The van der Waals surface area contributed by atoms with Gasteiger partial charge in [-0.25, -0.2) is 4.79 Å². The van der Waals surface area contributed by atoms with E-state index in [4.69, 9.17) is 16.4 Å². The molecule has 1 aromatic rings. The quantitative estimate of drug-likeness (QED) is 0.511. The van der Waals surface area contributed by atoms with E-state index in [9.17, 15) is 4.79 Å². The fourth-order valence-electron chi connectivity index (χ4n) is 0.984. The summed E-state index contributed by atoms with van der Waals surface area (Å²) in [6.45, 7) is 0. The van der Waals surface area contributed by atoms with Crippen LogP contribution in [-0.4, -0.2) is 31.7 Å². The molecule has 0 bridgehead atoms. The first-order chi connectivity index (χ1) is 8.17. The van der Waals surface area contributed by atoms with Crippen LogP contribution >= 0.6 is 11.6 Å². The van der Waals surface area contributed by atoms with E-state index in [1.54, 1.807) is 24.3 Å². The van der Waals surface area contributed by atoms with E-state index in [-0.39, 0.29) is 0 Å². The predicted octanol–water partition coefficient (Wildman–Crippen LogP) is 2.33. The number of rotatable bonds is 4. The first-order valence-corrected chi connectivity index (χ1v) is 5.01. The standard InChI is InChI=1S/C10H12ClN3O3/c1-16-12-7-14(17-2)10(15)13-9-5-3-8(11)4-6-9/h3-7H,1-2H3,(H,13,15)/b12-7+. The molecule has 1 rings (SSSR count). The molecule has 7 heteroatoms. The SMILES string of the molecule is CO/N=C/N(OC)C(=O)Nc1ccc(Cl)cc1. The van der Waals surface area contributed by atoms with Crippen molar-refractivity contribution in [3.63, 3.8) is 0 Å². The largest absolute Gasteiger partial charge is 0.398 e. The van der Waals surface area contributed by atoms with Crippen LogP contribution in [0.15, 0.2) is 29.4 Å². The summed E-state index contributed by atoms with van der Waals surface area (Å²) in [6.07, 6.45) is 1.10. The summed E-state index contributed by atoms with van der Waals surface area (Å²) in [4.78, 5) is 20.9. The van der Waals surface area contributed by atoms with Gasteiger partial charge in [0.25, 0.3) is 0 Å². The third-order valence-electron chi connectivity index (χ3n) is 1.75. The van der Waals surface area contributed by atoms with E-state index in [1.807, 2.05) is 0 Å². The van der Waals surface area contributed by atoms with Crippen LogP contribution in [0.5, 0.6) is 0 Å². The number of halogens is 1. The van der Waals surface area contributed by atoms with Crippen molar-refractivity contribution in [2.24, 2.45) is 5.16 Å². The monoisotopic (exact) mass is 257 g/mol. The number of carbonyl (C=O) groups is 1. The lowest BCUT2D eigenvalue weighted by Crippen LogP contribution is -2.32. The average molecular weight is 258 g/mol. The van der Waals surface area contributed by atoms with Gasteiger partial charge in [0.1, 0.15) is 7.11 Å². The molecule has 17 heavy (non-hydrogen) atoms. The van der Waals surface area contributed by atoms with Crippen molar-refractivity contribution < 1.29 is 14.5 Å². The van der Waals surface area contributed by atoms with Crippen LogP contribution in [0.3, 0.4) is 0 Å². The number of nitrogens with one attached hydrogen (secondary N) is 1. The van der Waals surface area contributed by atoms with Gasteiger partial charge in [-0.15, -0.1) is 0 Å². The molecule has 0 spiro atoms. The third-order valence-corrected chi connectivity index (χ3v) is 2.00. The lowest BCUT2D eigenvalue weighted by molar-refractivity contribution is -0.0176. The van der Waals surface area contributed by atoms with Crippen LogP contribution in [-0.2, 0) is 9.68 Å². The number of benzene rings is 1. The van der Waals surface area contributed by atoms with E-state index in [2.05, 4.69) is 15.3 Å². The molecule has 0 aliphatic carbocycles. The Bertz CT molecular complexity index is 394. The highest BCUT2D eigenvalue weighted by Gasteiger charge is 2.10. The Labute approximate surface area is 104 Å². The van der Waals surface area contributed by atoms with Crippen molar-refractivity contribution in [1.82, 2.24) is 5.06 Å². The van der Waals surface area contributed by atoms with Crippen LogP contribution in [0.2, 0.25) is 5.02 Å². The van der Waals surface area contributed by atoms with Gasteiger partial charge in [-0.05, 0) is 24.3 Å². The molecule has 0 atom stereocenters. The van der Waals surface area contributed by atoms with Gasteiger partial charge >= 0.3 is 6.03 Å². The highest BCUT2D eigenvalue weighted by atomic mass is 35.5. The van der Waals surface area contributed by atoms with Crippen molar-refractivity contribution in [3.8, 4) is 0 Å². The van der Waals surface area contributed by atoms with E-state index >= 15 is 0 Å². The van der Waals surface area contributed by atoms with Gasteiger partial charge in [-0.2, -0.15) is 5.06 Å². The summed E-state index contributed by atoms with van der Waals surface area (Å²) in [5, 5.41) is 7.48. The predicted molar refractivity (Wildman–Crippen MR) is 64.8 cm³/mol. The molecular formula is C10H12ClN3O3. The maximum Gasteiger partial charge on any atom is 0.351 e. The van der Waals surface area contributed by atoms with Gasteiger partial charge in [0, 0.05) is 10.7 Å². The van der Waals surface area contributed by atoms with Crippen LogP contribution in [0.4, 0.5) is 10.5 Å². The number of amides is 2. The number of carbonyl (C=O) groups excluding carboxylic acids is 1. The van der Waals surface area contributed by atoms with E-state index in [0.29, 0.717) is 10.7 Å². The second-order valence-electron chi connectivity index (χ2n) is 2.85. The van der Waals surface area contributed by atoms with Crippen molar-refractivity contribution in [1.29, 1.82) is 0 Å². The van der Waals surface area contributed by atoms with Gasteiger partial charge < -0.3 is 10.2 Å². The van der Waals surface area contributed by atoms with Crippen molar-refractivity contribution in [2.75, 3.05) is 19.5 Å². The lowest BCUT2D eigenvalue weighted by Gasteiger charge is -2.14. The Kier molecular flexibility index (Phi) is 5.25. The van der Waals surface area contributed by atoms with Crippen molar-refractivity contribution in [3.05, 3.63) is 29.3 Å².